The van der Waals surface area contributed by atoms with Crippen LogP contribution >= 0.6 is 11.6 Å². The molecule has 3 aliphatic heterocycles. The Labute approximate surface area is 482 Å². The maximum Gasteiger partial charge on any atom is 0.407 e. The van der Waals surface area contributed by atoms with Gasteiger partial charge in [-0.05, 0) is 130 Å². The summed E-state index contributed by atoms with van der Waals surface area (Å²) in [5, 5.41) is 52.1. The Hall–Kier alpha value is -4.72. The van der Waals surface area contributed by atoms with Gasteiger partial charge in [0.1, 0.15) is 34.9 Å². The van der Waals surface area contributed by atoms with Crippen molar-refractivity contribution in [2.45, 2.75) is 205 Å². The zero-order valence-electron chi connectivity index (χ0n) is 49.9. The van der Waals surface area contributed by atoms with E-state index in [0.29, 0.717) is 36.0 Å². The van der Waals surface area contributed by atoms with Crippen LogP contribution in [0.25, 0.3) is 0 Å². The van der Waals surface area contributed by atoms with Crippen molar-refractivity contribution < 1.29 is 72.3 Å². The number of aliphatic hydroxyl groups excluding tert-OH is 1. The van der Waals surface area contributed by atoms with Gasteiger partial charge in [-0.3, -0.25) is 9.69 Å². The number of hydrogen-bond acceptors (Lipinski definition) is 19. The summed E-state index contributed by atoms with van der Waals surface area (Å²) < 4.78 is 58.3. The van der Waals surface area contributed by atoms with Gasteiger partial charge in [0.25, 0.3) is 0 Å². The van der Waals surface area contributed by atoms with Gasteiger partial charge in [-0.15, -0.1) is 5.10 Å². The molecule has 23 heteroatoms. The first-order chi connectivity index (χ1) is 38.1. The second-order valence-corrected chi connectivity index (χ2v) is 24.0. The van der Waals surface area contributed by atoms with Crippen molar-refractivity contribution in [3.63, 3.8) is 0 Å². The van der Waals surface area contributed by atoms with E-state index in [9.17, 15) is 24.9 Å². The van der Waals surface area contributed by atoms with Crippen LogP contribution in [0.2, 0.25) is 5.02 Å². The number of amides is 2. The number of halogens is 1. The summed E-state index contributed by atoms with van der Waals surface area (Å²) in [5.41, 5.74) is -2.63. The highest BCUT2D eigenvalue weighted by Crippen LogP contribution is 2.41. The number of ether oxygens (including phenoxy) is 9. The number of alkyl carbamates (subject to hydrolysis) is 2. The summed E-state index contributed by atoms with van der Waals surface area (Å²) in [7, 11) is 8.63. The van der Waals surface area contributed by atoms with Crippen LogP contribution in [0.5, 0.6) is 5.75 Å². The smallest absolute Gasteiger partial charge is 0.407 e. The molecule has 0 spiro atoms. The lowest BCUT2D eigenvalue weighted by atomic mass is 9.77. The van der Waals surface area contributed by atoms with E-state index in [1.54, 1.807) is 83.8 Å². The monoisotopic (exact) mass is 1160 g/mol. The Balaban J connectivity index is 1.29. The maximum atomic E-state index is 15.0. The van der Waals surface area contributed by atoms with Crippen LogP contribution in [0.1, 0.15) is 112 Å². The topological polar surface area (TPSA) is 256 Å². The first-order valence-corrected chi connectivity index (χ1v) is 28.5. The maximum absolute atomic E-state index is 15.0. The molecule has 454 valence electrons. The third-order valence-electron chi connectivity index (χ3n) is 16.4. The molecule has 0 bridgehead atoms. The number of aliphatic hydroxyl groups is 3. The second-order valence-electron chi connectivity index (χ2n) is 23.5. The van der Waals surface area contributed by atoms with Gasteiger partial charge in [0.05, 0.1) is 62.3 Å². The minimum Gasteiger partial charge on any atom is -0.497 e. The highest BCUT2D eigenvalue weighted by Gasteiger charge is 2.54. The van der Waals surface area contributed by atoms with Gasteiger partial charge in [0, 0.05) is 49.6 Å². The van der Waals surface area contributed by atoms with Crippen LogP contribution in [-0.2, 0) is 62.3 Å². The fourth-order valence-corrected chi connectivity index (χ4v) is 11.9. The van der Waals surface area contributed by atoms with Crippen molar-refractivity contribution in [1.82, 2.24) is 35.4 Å². The molecule has 3 fully saturated rings. The van der Waals surface area contributed by atoms with E-state index in [4.69, 9.17) is 54.2 Å². The van der Waals surface area contributed by atoms with Gasteiger partial charge in [0.2, 0.25) is 0 Å². The number of carbonyl (C=O) groups excluding carboxylic acids is 3. The summed E-state index contributed by atoms with van der Waals surface area (Å²) >= 11 is 6.05. The molecule has 3 aromatic rings. The molecule has 6 rings (SSSR count). The summed E-state index contributed by atoms with van der Waals surface area (Å²) in [5.74, 6) is -2.44. The lowest BCUT2D eigenvalue weighted by molar-refractivity contribution is -0.317. The molecule has 0 unspecified atom stereocenters. The van der Waals surface area contributed by atoms with E-state index in [2.05, 4.69) is 20.9 Å². The van der Waals surface area contributed by atoms with E-state index in [0.717, 1.165) is 11.1 Å². The van der Waals surface area contributed by atoms with Gasteiger partial charge in [-0.2, -0.15) is 0 Å². The van der Waals surface area contributed by atoms with Gasteiger partial charge in [0.15, 0.2) is 24.8 Å². The first-order valence-electron chi connectivity index (χ1n) is 28.1. The molecular weight excluding hydrogens is 1070 g/mol. The van der Waals surface area contributed by atoms with E-state index < -0.39 is 108 Å². The SMILES string of the molecule is CC[C@H]1OC(=O)[C@H](C)[C@@H](O[C@H]2C[C@@](C)(OC)[C@@H](OC(=O)NCc3cn(Cc4ccc(Cl)cc4)nn3)[C@H](C)O2)[C@H](C)[C@@H](O[C@@H]2O[C@H](C)C[C@H](N(C)C)[C@H]2O)[C@](C)(O)C[C@@H](C)CN(C)[C@H](C)[C@@H](OC(=O)NCc2ccc(OC)cc2)[C@]1(C)O. The number of rotatable bonds is 16. The number of aromatic nitrogens is 3. The number of cyclic esters (lactones) is 1. The number of nitrogens with one attached hydrogen (secondary N) is 2. The van der Waals surface area contributed by atoms with Gasteiger partial charge >= 0.3 is 18.2 Å². The fourth-order valence-electron chi connectivity index (χ4n) is 11.8. The van der Waals surface area contributed by atoms with Gasteiger partial charge < -0.3 is 73.5 Å². The Kier molecular flexibility index (Phi) is 22.8. The Bertz CT molecular complexity index is 2490. The molecule has 0 aliphatic carbocycles. The van der Waals surface area contributed by atoms with Crippen molar-refractivity contribution in [3.8, 4) is 5.75 Å². The number of hydrogen-bond donors (Lipinski definition) is 5. The predicted molar refractivity (Wildman–Crippen MR) is 300 cm³/mol. The highest BCUT2D eigenvalue weighted by molar-refractivity contribution is 6.30. The van der Waals surface area contributed by atoms with Crippen molar-refractivity contribution in [1.29, 1.82) is 0 Å². The van der Waals surface area contributed by atoms with Gasteiger partial charge in [-0.25, -0.2) is 14.3 Å². The summed E-state index contributed by atoms with van der Waals surface area (Å²) in [6.45, 7) is 18.4. The van der Waals surface area contributed by atoms with Crippen LogP contribution < -0.4 is 15.4 Å². The van der Waals surface area contributed by atoms with Gasteiger partial charge in [-0.1, -0.05) is 61.9 Å². The van der Waals surface area contributed by atoms with E-state index in [1.807, 2.05) is 76.0 Å². The molecule has 0 saturated carbocycles. The van der Waals surface area contributed by atoms with Crippen LogP contribution in [0, 0.1) is 17.8 Å². The summed E-state index contributed by atoms with van der Waals surface area (Å²) in [6.07, 6.45) is -9.48. The third kappa shape index (κ3) is 16.8. The number of likely N-dealkylation sites (N-methyl/N-ethyl adjacent to an activating group) is 2. The van der Waals surface area contributed by atoms with E-state index >= 15 is 4.79 Å². The Morgan fingerprint density at radius 1 is 0.864 bits per heavy atom. The second kappa shape index (κ2) is 28.2. The molecular formula is C58H90ClN7O15. The average Bonchev–Trinajstić information content (AvgIpc) is 3.88. The zero-order chi connectivity index (χ0) is 59.7. The Morgan fingerprint density at radius 3 is 2.11 bits per heavy atom. The standard InChI is InChI=1S/C58H90ClN7O15/c1-16-45-58(10,72)50(80-54(69)60-28-39-19-23-43(73-14)24-20-39)37(6)65(13)30-33(2)26-56(8,71)49(79-53-47(67)44(64(11)12)25-34(3)75-53)35(4)48(36(5)52(68)77-45)78-46-27-57(9,74-15)51(38(7)76-46)81-55(70)61-29-42-32-66(63-62-42)31-40-17-21-41(59)22-18-40/h17-24,32-38,44-51,53,67,71-72H,16,25-31H2,1-15H3,(H,60,69)(H,61,70)/t33-,34-,35+,36-,37-,38+,44+,45-,46+,47-,48+,49-,50-,51+,53+,56-,57-,58-/m1/s1. The van der Waals surface area contributed by atoms with Crippen molar-refractivity contribution >= 4 is 29.8 Å². The summed E-state index contributed by atoms with van der Waals surface area (Å²) in [6, 6.07) is 13.5. The quantitative estimate of drug-likeness (QED) is 0.0806. The van der Waals surface area contributed by atoms with Crippen molar-refractivity contribution in [2.24, 2.45) is 17.8 Å². The minimum absolute atomic E-state index is 0.00268. The third-order valence-corrected chi connectivity index (χ3v) is 16.7. The normalized spacial score (nSPS) is 35.7. The van der Waals surface area contributed by atoms with E-state index in [-0.39, 0.29) is 50.4 Å². The van der Waals surface area contributed by atoms with Crippen LogP contribution in [0.15, 0.2) is 54.7 Å². The molecule has 22 nitrogen and oxygen atoms in total. The Morgan fingerprint density at radius 2 is 1.49 bits per heavy atom. The molecule has 3 saturated heterocycles. The fraction of sp³-hybridized carbons (Fsp3) is 0.707. The summed E-state index contributed by atoms with van der Waals surface area (Å²) in [4.78, 5) is 46.1. The van der Waals surface area contributed by atoms with E-state index in [1.165, 1.54) is 14.0 Å². The molecule has 18 atom stereocenters. The molecule has 81 heavy (non-hydrogen) atoms. The number of carbonyl (C=O) groups is 3. The molecule has 4 heterocycles. The molecule has 2 amide bonds. The molecule has 2 aromatic carbocycles. The number of methoxy groups -OCH3 is 2. The molecule has 1 aromatic heterocycles. The number of esters is 1. The molecule has 5 N–H and O–H groups in total. The highest BCUT2D eigenvalue weighted by atomic mass is 35.5. The van der Waals surface area contributed by atoms with Crippen molar-refractivity contribution in [3.05, 3.63) is 76.6 Å². The lowest BCUT2D eigenvalue weighted by Gasteiger charge is -2.49. The lowest BCUT2D eigenvalue weighted by Crippen LogP contribution is -2.61. The average molecular weight is 1160 g/mol. The number of nitrogens with zero attached hydrogens (tertiary/aromatic N) is 5. The first kappa shape index (κ1) is 65.4. The predicted octanol–water partition coefficient (Wildman–Crippen LogP) is 6.07. The zero-order valence-corrected chi connectivity index (χ0v) is 50.6. The minimum atomic E-state index is -1.97. The molecule has 3 aliphatic rings. The van der Waals surface area contributed by atoms with Crippen LogP contribution in [0.4, 0.5) is 9.59 Å². The van der Waals surface area contributed by atoms with Crippen LogP contribution in [0.3, 0.4) is 0 Å². The van der Waals surface area contributed by atoms with Crippen LogP contribution in [-0.4, -0.2) is 190 Å². The van der Waals surface area contributed by atoms with Crippen molar-refractivity contribution in [2.75, 3.05) is 41.9 Å². The number of benzene rings is 2. The molecule has 0 radical (unpaired) electrons. The largest absolute Gasteiger partial charge is 0.497 e.